The van der Waals surface area contributed by atoms with Crippen LogP contribution in [0.5, 0.6) is 0 Å². The number of nitrogens with zero attached hydrogens (tertiary/aromatic N) is 14. The molecule has 0 unspecified atom stereocenters. The Morgan fingerprint density at radius 2 is 1.04 bits per heavy atom. The van der Waals surface area contributed by atoms with E-state index in [0.29, 0.717) is 61.7 Å². The van der Waals surface area contributed by atoms with Crippen molar-refractivity contribution in [3.63, 3.8) is 0 Å². The summed E-state index contributed by atoms with van der Waals surface area (Å²) in [4.78, 5) is 22.0. The Hall–Kier alpha value is -8.51. The maximum Gasteiger partial charge on any atom is 0.471 e. The third kappa shape index (κ3) is 19.9. The van der Waals surface area contributed by atoms with Crippen LogP contribution in [0.3, 0.4) is 0 Å². The van der Waals surface area contributed by atoms with Crippen LogP contribution in [0.4, 0.5) is 94.6 Å². The number of rotatable bonds is 9. The topological polar surface area (TPSA) is 235 Å². The Kier molecular flexibility index (Phi) is 21.5. The molecule has 10 rings (SSSR count). The van der Waals surface area contributed by atoms with E-state index < -0.39 is 59.4 Å². The third-order valence-electron chi connectivity index (χ3n) is 9.30. The van der Waals surface area contributed by atoms with E-state index in [4.69, 9.17) is 17.3 Å². The Balaban J connectivity index is 0.000000183. The van der Waals surface area contributed by atoms with E-state index in [0.717, 1.165) is 28.3 Å². The first-order chi connectivity index (χ1) is 39.1. The van der Waals surface area contributed by atoms with E-state index in [1.807, 2.05) is 0 Å². The normalized spacial score (nSPS) is 11.6. The van der Waals surface area contributed by atoms with E-state index in [1.54, 1.807) is 73.2 Å². The van der Waals surface area contributed by atoms with Crippen LogP contribution < -0.4 is 16.0 Å². The quantitative estimate of drug-likeness (QED) is 0.101. The second kappa shape index (κ2) is 28.0. The lowest BCUT2D eigenvalue weighted by Crippen LogP contribution is -2.19. The summed E-state index contributed by atoms with van der Waals surface area (Å²) in [5, 5.41) is 30.0. The third-order valence-corrected chi connectivity index (χ3v) is 12.6. The fourth-order valence-corrected chi connectivity index (χ4v) is 8.08. The smallest absolute Gasteiger partial charge is 0.397 e. The molecule has 18 nitrogen and oxygen atoms in total. The van der Waals surface area contributed by atoms with Crippen molar-refractivity contribution in [3.8, 4) is 21.4 Å². The van der Waals surface area contributed by atoms with Gasteiger partial charge in [-0.1, -0.05) is 37.8 Å². The number of aromatic nitrogens is 13. The first-order valence-electron chi connectivity index (χ1n) is 22.0. The van der Waals surface area contributed by atoms with Crippen LogP contribution >= 0.6 is 50.2 Å². The van der Waals surface area contributed by atoms with Gasteiger partial charge in [0.1, 0.15) is 0 Å². The predicted molar refractivity (Wildman–Crippen MR) is 270 cm³/mol. The van der Waals surface area contributed by atoms with Gasteiger partial charge in [0.25, 0.3) is 0 Å². The molecule has 0 bridgehead atoms. The van der Waals surface area contributed by atoms with Crippen LogP contribution in [-0.4, -0.2) is 65.8 Å². The second-order valence-electron chi connectivity index (χ2n) is 15.3. The number of thiophene rings is 2. The van der Waals surface area contributed by atoms with Gasteiger partial charge in [0.15, 0.2) is 16.8 Å². The fourth-order valence-electron chi connectivity index (χ4n) is 5.69. The number of alkyl halides is 16. The summed E-state index contributed by atoms with van der Waals surface area (Å²) >= 11 is 10.8. The number of nitrogens with one attached hydrogen (secondary N) is 1. The van der Waals surface area contributed by atoms with Crippen LogP contribution in [0.25, 0.3) is 21.4 Å². The van der Waals surface area contributed by atoms with Gasteiger partial charge < -0.3 is 25.0 Å². The molecule has 0 atom stereocenters. The molecule has 0 amide bonds. The lowest BCUT2D eigenvalue weighted by molar-refractivity contribution is -0.160. The van der Waals surface area contributed by atoms with Crippen molar-refractivity contribution in [3.05, 3.63) is 178 Å². The zero-order valence-corrected chi connectivity index (χ0v) is 44.5. The first-order valence-corrected chi connectivity index (χ1v) is 25.1. The van der Waals surface area contributed by atoms with Crippen molar-refractivity contribution in [2.45, 2.75) is 42.8 Å². The van der Waals surface area contributed by atoms with Crippen LogP contribution in [-0.2, 0) is 42.8 Å². The van der Waals surface area contributed by atoms with Crippen molar-refractivity contribution in [1.29, 1.82) is 0 Å². The Morgan fingerprint density at radius 3 is 1.47 bits per heavy atom. The minimum Gasteiger partial charge on any atom is -0.397 e. The minimum absolute atomic E-state index is 0.0211. The van der Waals surface area contributed by atoms with Crippen molar-refractivity contribution in [2.75, 3.05) is 16.0 Å². The zero-order chi connectivity index (χ0) is 60.6. The van der Waals surface area contributed by atoms with Crippen LogP contribution in [0.1, 0.15) is 38.2 Å². The Labute approximate surface area is 475 Å². The highest BCUT2D eigenvalue weighted by Crippen LogP contribution is 2.37. The highest BCUT2D eigenvalue weighted by Gasteiger charge is 2.40. The van der Waals surface area contributed by atoms with Gasteiger partial charge >= 0.3 is 42.7 Å². The van der Waals surface area contributed by atoms with Gasteiger partial charge in [-0.05, 0) is 78.9 Å². The molecule has 0 saturated heterocycles. The van der Waals surface area contributed by atoms with Crippen LogP contribution in [0.2, 0.25) is 5.15 Å². The molecule has 0 aromatic carbocycles. The molecule has 37 heteroatoms. The van der Waals surface area contributed by atoms with E-state index >= 15 is 0 Å². The van der Waals surface area contributed by atoms with Gasteiger partial charge in [-0.25, -0.2) is 0 Å². The lowest BCUT2D eigenvalue weighted by Gasteiger charge is -2.23. The van der Waals surface area contributed by atoms with Crippen LogP contribution in [0.15, 0.2) is 144 Å². The molecule has 0 aliphatic rings. The number of nitrogens with two attached hydrogens (primary N) is 1. The molecule has 10 heterocycles. The summed E-state index contributed by atoms with van der Waals surface area (Å²) in [6, 6.07) is 19.1. The van der Waals surface area contributed by atoms with Gasteiger partial charge in [0.05, 0.1) is 81.0 Å². The average molecular weight is 1300 g/mol. The van der Waals surface area contributed by atoms with Gasteiger partial charge in [-0.2, -0.15) is 91.1 Å². The number of halogens is 17. The van der Waals surface area contributed by atoms with E-state index in [-0.39, 0.29) is 35.0 Å². The fraction of sp³-hybridized carbons (Fsp3) is 0.152. The van der Waals surface area contributed by atoms with E-state index in [2.05, 4.69) is 96.1 Å². The van der Waals surface area contributed by atoms with Gasteiger partial charge in [0, 0.05) is 39.9 Å². The summed E-state index contributed by atoms with van der Waals surface area (Å²) in [7, 11) is 0. The molecule has 0 radical (unpaired) electrons. The zero-order valence-electron chi connectivity index (χ0n) is 40.5. The second-order valence-corrected chi connectivity index (χ2v) is 18.6. The van der Waals surface area contributed by atoms with Crippen molar-refractivity contribution in [1.82, 2.24) is 65.8 Å². The van der Waals surface area contributed by atoms with Crippen molar-refractivity contribution >= 4 is 78.9 Å². The summed E-state index contributed by atoms with van der Waals surface area (Å²) in [6.07, 6.45) is -11.6. The van der Waals surface area contributed by atoms with Crippen molar-refractivity contribution in [2.24, 2.45) is 0 Å². The van der Waals surface area contributed by atoms with Gasteiger partial charge in [0.2, 0.25) is 11.6 Å². The SMILES string of the molecule is FC(F)(F)c1cnnc(Cl)c1.FC(F)(F)c1cnnc(N(Cc2ccc(-c3noc(C(F)(F)F)n3)s2)c2cccnc2)c1.FC(F)(F)c1cnnc(Nc2cccnc2)c1.FC(F)(F)c1nc(-c2ccc(CBr)s2)no1.Nc1cccnc1. The van der Waals surface area contributed by atoms with Crippen LogP contribution in [0, 0.1) is 0 Å². The average Bonchev–Trinajstić information content (AvgIpc) is 4.53. The molecule has 0 spiro atoms. The highest BCUT2D eigenvalue weighted by atomic mass is 79.9. The number of hydrogen-bond acceptors (Lipinski definition) is 20. The molecule has 436 valence electrons. The molecular formula is C46H29BrClF15N16O2S2. The molecule has 0 aliphatic heterocycles. The summed E-state index contributed by atoms with van der Waals surface area (Å²) in [5.41, 5.74) is 4.27. The van der Waals surface area contributed by atoms with Gasteiger partial charge in [-0.3, -0.25) is 15.0 Å². The van der Waals surface area contributed by atoms with Gasteiger partial charge in [-0.15, -0.1) is 38.0 Å². The largest absolute Gasteiger partial charge is 0.471 e. The lowest BCUT2D eigenvalue weighted by atomic mass is 10.2. The molecule has 0 aliphatic carbocycles. The molecular weight excluding hydrogens is 1270 g/mol. The number of pyridine rings is 3. The van der Waals surface area contributed by atoms with E-state index in [9.17, 15) is 65.9 Å². The molecule has 3 N–H and O–H groups in total. The maximum absolute atomic E-state index is 13.1. The summed E-state index contributed by atoms with van der Waals surface area (Å²) in [5.74, 6) is -3.14. The first kappa shape index (κ1) is 63.7. The molecule has 10 aromatic heterocycles. The predicted octanol–water partition coefficient (Wildman–Crippen LogP) is 14.5. The summed E-state index contributed by atoms with van der Waals surface area (Å²) in [6.45, 7) is 0.0380. The summed E-state index contributed by atoms with van der Waals surface area (Å²) < 4.78 is 195. The molecule has 0 saturated carbocycles. The van der Waals surface area contributed by atoms with Crippen molar-refractivity contribution < 1.29 is 74.9 Å². The Bertz CT molecular complexity index is 3590. The monoisotopic (exact) mass is 1300 g/mol. The van der Waals surface area contributed by atoms with E-state index in [1.165, 1.54) is 40.9 Å². The molecule has 10 aromatic rings. The molecule has 83 heavy (non-hydrogen) atoms. The maximum atomic E-state index is 13.1. The number of anilines is 5. The number of hydrogen-bond donors (Lipinski definition) is 2. The highest BCUT2D eigenvalue weighted by molar-refractivity contribution is 9.08. The number of nitrogen functional groups attached to an aromatic ring is 1. The molecule has 0 fully saturated rings. The minimum atomic E-state index is -4.77. The standard InChI is InChI=1S/C18H10F6N6OS.C10H7F3N4.C8H4BrF3N2OS.C5H2ClF3N2.C5H6N2/c19-17(20,21)10-6-14(28-26-7-10)30(11-2-1-5-25-8-11)9-12-3-4-13(32-12)15-27-16(31-29-15)18(22,23)24;11-10(12,13)7-4-9(17-15-5-7)16-8-2-1-3-14-6-8;9-3-4-1-2-5(16-4)6-13-7(15-14-6)8(10,11)12;6-4-1-3(2-10-11-4)5(7,8)9;6-5-2-1-3-7-4-5/h1-8H,9H2;1-6H,(H,16,17);1-2H,3H2;1-2H;1-4H,6H2. The Morgan fingerprint density at radius 1 is 0.542 bits per heavy atom.